The fraction of sp³-hybridized carbons (Fsp3) is 0.333. The normalized spacial score (nSPS) is 16.2. The summed E-state index contributed by atoms with van der Waals surface area (Å²) in [5.41, 5.74) is 2.89. The SMILES string of the molecule is CONC(=O)c1ccc(Oc2cc(Oc3ccc(C#N)cc3)cc(C(=O)NC3CCC(NC(=O)OC(C)(C)C)CC3)c2)cc1. The van der Waals surface area contributed by atoms with E-state index in [1.807, 2.05) is 20.8 Å². The number of carbonyl (C=O) groups is 3. The molecule has 44 heavy (non-hydrogen) atoms. The van der Waals surface area contributed by atoms with Crippen LogP contribution in [0.3, 0.4) is 0 Å². The van der Waals surface area contributed by atoms with Crippen LogP contribution in [-0.2, 0) is 9.57 Å². The minimum atomic E-state index is -0.569. The number of hydroxylamine groups is 1. The maximum atomic E-state index is 13.4. The zero-order valence-corrected chi connectivity index (χ0v) is 25.1. The third-order valence-corrected chi connectivity index (χ3v) is 6.69. The summed E-state index contributed by atoms with van der Waals surface area (Å²) < 4.78 is 17.4. The van der Waals surface area contributed by atoms with E-state index in [1.165, 1.54) is 7.11 Å². The number of alkyl carbamates (subject to hydrolysis) is 1. The zero-order valence-electron chi connectivity index (χ0n) is 25.1. The third kappa shape index (κ3) is 9.47. The molecule has 0 spiro atoms. The summed E-state index contributed by atoms with van der Waals surface area (Å²) in [6.45, 7) is 5.46. The maximum Gasteiger partial charge on any atom is 0.407 e. The number of ether oxygens (including phenoxy) is 3. The van der Waals surface area contributed by atoms with Crippen molar-refractivity contribution in [1.29, 1.82) is 5.26 Å². The zero-order chi connectivity index (χ0) is 31.7. The molecule has 0 aromatic heterocycles. The van der Waals surface area contributed by atoms with Gasteiger partial charge in [0.1, 0.15) is 28.6 Å². The van der Waals surface area contributed by atoms with Crippen molar-refractivity contribution in [3.8, 4) is 29.1 Å². The Labute approximate surface area is 256 Å². The number of nitrogens with one attached hydrogen (secondary N) is 3. The fourth-order valence-electron chi connectivity index (χ4n) is 4.64. The number of rotatable bonds is 9. The van der Waals surface area contributed by atoms with E-state index < -0.39 is 17.6 Å². The number of benzene rings is 3. The minimum absolute atomic E-state index is 0.0193. The number of nitriles is 1. The second kappa shape index (κ2) is 14.4. The average Bonchev–Trinajstić information content (AvgIpc) is 2.98. The molecule has 0 unspecified atom stereocenters. The second-order valence-electron chi connectivity index (χ2n) is 11.4. The number of carbonyl (C=O) groups excluding carboxylic acids is 3. The van der Waals surface area contributed by atoms with E-state index in [1.54, 1.807) is 66.7 Å². The van der Waals surface area contributed by atoms with Gasteiger partial charge in [-0.2, -0.15) is 5.26 Å². The highest BCUT2D eigenvalue weighted by atomic mass is 16.6. The van der Waals surface area contributed by atoms with Gasteiger partial charge in [0, 0.05) is 29.3 Å². The summed E-state index contributed by atoms with van der Waals surface area (Å²) in [6.07, 6.45) is 2.36. The van der Waals surface area contributed by atoms with Gasteiger partial charge in [-0.3, -0.25) is 14.4 Å². The van der Waals surface area contributed by atoms with Crippen LogP contribution in [0.25, 0.3) is 0 Å². The van der Waals surface area contributed by atoms with Gasteiger partial charge in [0.05, 0.1) is 18.7 Å². The molecule has 1 aliphatic rings. The van der Waals surface area contributed by atoms with Crippen LogP contribution in [-0.4, -0.2) is 42.7 Å². The van der Waals surface area contributed by atoms with Crippen LogP contribution in [0.5, 0.6) is 23.0 Å². The van der Waals surface area contributed by atoms with Gasteiger partial charge >= 0.3 is 6.09 Å². The average molecular weight is 601 g/mol. The summed E-state index contributed by atoms with van der Waals surface area (Å²) in [7, 11) is 1.35. The van der Waals surface area contributed by atoms with E-state index in [9.17, 15) is 14.4 Å². The molecule has 3 aromatic carbocycles. The van der Waals surface area contributed by atoms with Crippen LogP contribution in [0.4, 0.5) is 4.79 Å². The highest BCUT2D eigenvalue weighted by Crippen LogP contribution is 2.31. The Morgan fingerprint density at radius 1 is 0.727 bits per heavy atom. The van der Waals surface area contributed by atoms with E-state index >= 15 is 0 Å². The first-order valence-electron chi connectivity index (χ1n) is 14.3. The van der Waals surface area contributed by atoms with Crippen LogP contribution in [0.15, 0.2) is 66.7 Å². The Kier molecular flexibility index (Phi) is 10.4. The van der Waals surface area contributed by atoms with E-state index in [0.717, 1.165) is 0 Å². The third-order valence-electron chi connectivity index (χ3n) is 6.69. The lowest BCUT2D eigenvalue weighted by molar-refractivity contribution is 0.0487. The van der Waals surface area contributed by atoms with Crippen molar-refractivity contribution < 1.29 is 33.4 Å². The summed E-state index contributed by atoms with van der Waals surface area (Å²) in [5.74, 6) is 0.939. The molecule has 0 atom stereocenters. The quantitative estimate of drug-likeness (QED) is 0.253. The van der Waals surface area contributed by atoms with Gasteiger partial charge in [-0.05, 0) is 107 Å². The van der Waals surface area contributed by atoms with Crippen molar-refractivity contribution in [3.63, 3.8) is 0 Å². The molecule has 4 rings (SSSR count). The maximum absolute atomic E-state index is 13.4. The minimum Gasteiger partial charge on any atom is -0.457 e. The molecular weight excluding hydrogens is 564 g/mol. The summed E-state index contributed by atoms with van der Waals surface area (Å²) in [4.78, 5) is 42.2. The largest absolute Gasteiger partial charge is 0.457 e. The summed E-state index contributed by atoms with van der Waals surface area (Å²) >= 11 is 0. The van der Waals surface area contributed by atoms with E-state index in [2.05, 4.69) is 27.0 Å². The molecule has 3 amide bonds. The van der Waals surface area contributed by atoms with Crippen LogP contribution >= 0.6 is 0 Å². The fourth-order valence-corrected chi connectivity index (χ4v) is 4.64. The Hall–Kier alpha value is -5.08. The molecule has 230 valence electrons. The molecule has 3 N–H and O–H groups in total. The van der Waals surface area contributed by atoms with Crippen LogP contribution in [0.1, 0.15) is 72.7 Å². The molecule has 0 aliphatic heterocycles. The van der Waals surface area contributed by atoms with Crippen LogP contribution < -0.4 is 25.6 Å². The smallest absolute Gasteiger partial charge is 0.407 e. The van der Waals surface area contributed by atoms with Crippen LogP contribution in [0.2, 0.25) is 0 Å². The Morgan fingerprint density at radius 3 is 1.75 bits per heavy atom. The number of hydrogen-bond acceptors (Lipinski definition) is 8. The van der Waals surface area contributed by atoms with E-state index in [4.69, 9.17) is 19.5 Å². The molecule has 11 nitrogen and oxygen atoms in total. The van der Waals surface area contributed by atoms with Gasteiger partial charge in [0.2, 0.25) is 0 Å². The highest BCUT2D eigenvalue weighted by molar-refractivity contribution is 5.95. The predicted octanol–water partition coefficient (Wildman–Crippen LogP) is 6.00. The standard InChI is InChI=1S/C33H36N4O7/c1-33(2,3)44-32(40)36-25-11-9-24(10-12-25)35-30(38)23-17-28(42-26-13-5-21(20-34)6-14-26)19-29(18-23)43-27-15-7-22(8-16-27)31(39)37-41-4/h5-8,13-19,24-25H,9-12H2,1-4H3,(H,35,38)(H,36,40)(H,37,39). The number of amides is 3. The van der Waals surface area contributed by atoms with Crippen molar-refractivity contribution in [2.75, 3.05) is 7.11 Å². The number of nitrogens with zero attached hydrogens (tertiary/aromatic N) is 1. The number of hydrogen-bond donors (Lipinski definition) is 3. The topological polar surface area (TPSA) is 148 Å². The highest BCUT2D eigenvalue weighted by Gasteiger charge is 2.26. The monoisotopic (exact) mass is 600 g/mol. The van der Waals surface area contributed by atoms with Gasteiger partial charge in [-0.25, -0.2) is 10.3 Å². The molecule has 0 bridgehead atoms. The summed E-state index contributed by atoms with van der Waals surface area (Å²) in [6, 6.07) is 19.9. The van der Waals surface area contributed by atoms with Gasteiger partial charge in [0.25, 0.3) is 11.8 Å². The Balaban J connectivity index is 1.46. The van der Waals surface area contributed by atoms with Crippen LogP contribution in [0, 0.1) is 11.3 Å². The first-order valence-corrected chi connectivity index (χ1v) is 14.3. The molecule has 1 saturated carbocycles. The molecule has 0 radical (unpaired) electrons. The lowest BCUT2D eigenvalue weighted by Gasteiger charge is -2.30. The summed E-state index contributed by atoms with van der Waals surface area (Å²) in [5, 5.41) is 15.1. The molecule has 0 heterocycles. The lowest BCUT2D eigenvalue weighted by atomic mass is 9.91. The van der Waals surface area contributed by atoms with Crippen molar-refractivity contribution in [1.82, 2.24) is 16.1 Å². The lowest BCUT2D eigenvalue weighted by Crippen LogP contribution is -2.45. The van der Waals surface area contributed by atoms with Crippen molar-refractivity contribution >= 4 is 17.9 Å². The van der Waals surface area contributed by atoms with Gasteiger partial charge < -0.3 is 24.8 Å². The van der Waals surface area contributed by atoms with E-state index in [0.29, 0.717) is 65.4 Å². The predicted molar refractivity (Wildman–Crippen MR) is 162 cm³/mol. The van der Waals surface area contributed by atoms with Gasteiger partial charge in [-0.1, -0.05) is 0 Å². The van der Waals surface area contributed by atoms with Crippen molar-refractivity contribution in [2.45, 2.75) is 64.1 Å². The molecule has 1 aliphatic carbocycles. The first-order chi connectivity index (χ1) is 21.0. The van der Waals surface area contributed by atoms with Gasteiger partial charge in [0.15, 0.2) is 0 Å². The Bertz CT molecular complexity index is 1500. The Morgan fingerprint density at radius 2 is 1.25 bits per heavy atom. The molecule has 3 aromatic rings. The van der Waals surface area contributed by atoms with E-state index in [-0.39, 0.29) is 18.0 Å². The molecule has 1 fully saturated rings. The second-order valence-corrected chi connectivity index (χ2v) is 11.4. The van der Waals surface area contributed by atoms with Gasteiger partial charge in [-0.15, -0.1) is 0 Å². The molecular formula is C33H36N4O7. The van der Waals surface area contributed by atoms with Crippen molar-refractivity contribution in [2.24, 2.45) is 0 Å². The first kappa shape index (κ1) is 31.8. The molecule has 11 heteroatoms. The molecule has 0 saturated heterocycles. The van der Waals surface area contributed by atoms with Crippen molar-refractivity contribution in [3.05, 3.63) is 83.4 Å².